The van der Waals surface area contributed by atoms with Crippen LogP contribution < -0.4 is 10.6 Å². The van der Waals surface area contributed by atoms with E-state index in [9.17, 15) is 9.18 Å². The second-order valence-corrected chi connectivity index (χ2v) is 5.08. The van der Waals surface area contributed by atoms with Crippen LogP contribution in [0.1, 0.15) is 6.92 Å². The lowest BCUT2D eigenvalue weighted by atomic mass is 10.2. The average Bonchev–Trinajstić information content (AvgIpc) is 2.44. The number of anilines is 2. The molecule has 0 bridgehead atoms. The minimum Gasteiger partial charge on any atom is -0.374 e. The Bertz CT molecular complexity index is 649. The minimum atomic E-state index is -0.540. The van der Waals surface area contributed by atoms with Gasteiger partial charge in [-0.3, -0.25) is 4.79 Å². The maximum absolute atomic E-state index is 12.8. The molecular formula is C14H12Cl2FN3O. The molecule has 1 unspecified atom stereocenters. The highest BCUT2D eigenvalue weighted by Gasteiger charge is 2.14. The van der Waals surface area contributed by atoms with Gasteiger partial charge in [-0.2, -0.15) is 0 Å². The van der Waals surface area contributed by atoms with Crippen molar-refractivity contribution in [1.29, 1.82) is 0 Å². The van der Waals surface area contributed by atoms with E-state index in [1.54, 1.807) is 25.1 Å². The van der Waals surface area contributed by atoms with Crippen LogP contribution in [0, 0.1) is 5.82 Å². The second kappa shape index (κ2) is 6.74. The monoisotopic (exact) mass is 327 g/mol. The topological polar surface area (TPSA) is 54.0 Å². The van der Waals surface area contributed by atoms with Crippen molar-refractivity contribution in [3.63, 3.8) is 0 Å². The summed E-state index contributed by atoms with van der Waals surface area (Å²) in [5, 5.41) is 5.95. The van der Waals surface area contributed by atoms with Crippen LogP contribution in [0.4, 0.5) is 15.8 Å². The maximum atomic E-state index is 12.8. The number of carbonyl (C=O) groups excluding carboxylic acids is 1. The third kappa shape index (κ3) is 4.31. The summed E-state index contributed by atoms with van der Waals surface area (Å²) < 4.78 is 12.8. The lowest BCUT2D eigenvalue weighted by molar-refractivity contribution is -0.116. The molecule has 1 atom stereocenters. The van der Waals surface area contributed by atoms with Crippen molar-refractivity contribution in [2.24, 2.45) is 0 Å². The van der Waals surface area contributed by atoms with Crippen LogP contribution in [0.3, 0.4) is 0 Å². The first-order valence-corrected chi connectivity index (χ1v) is 6.86. The van der Waals surface area contributed by atoms with E-state index in [-0.39, 0.29) is 22.0 Å². The first-order chi connectivity index (χ1) is 9.95. The number of pyridine rings is 1. The Hall–Kier alpha value is -1.85. The second-order valence-electron chi connectivity index (χ2n) is 4.33. The standard InChI is InChI=1S/C14H12Cl2FN3O/c1-8(18-10-4-2-9(17)3-5-10)14(21)19-11-6-7-12(15)20-13(11)16/h2-8,18H,1H3,(H,19,21). The fraction of sp³-hybridized carbons (Fsp3) is 0.143. The molecule has 7 heteroatoms. The summed E-state index contributed by atoms with van der Waals surface area (Å²) in [7, 11) is 0. The highest BCUT2D eigenvalue weighted by molar-refractivity contribution is 6.34. The van der Waals surface area contributed by atoms with Crippen LogP contribution in [-0.4, -0.2) is 16.9 Å². The summed E-state index contributed by atoms with van der Waals surface area (Å²) in [6, 6.07) is 8.29. The first-order valence-electron chi connectivity index (χ1n) is 6.11. The third-order valence-electron chi connectivity index (χ3n) is 2.69. The Morgan fingerprint density at radius 1 is 1.19 bits per heavy atom. The minimum absolute atomic E-state index is 0.116. The van der Waals surface area contributed by atoms with Crippen LogP contribution in [0.5, 0.6) is 0 Å². The molecule has 2 N–H and O–H groups in total. The summed E-state index contributed by atoms with van der Waals surface area (Å²) in [6.07, 6.45) is 0. The number of nitrogens with zero attached hydrogens (tertiary/aromatic N) is 1. The van der Waals surface area contributed by atoms with Crippen LogP contribution in [0.2, 0.25) is 10.3 Å². The van der Waals surface area contributed by atoms with E-state index in [0.717, 1.165) is 0 Å². The smallest absolute Gasteiger partial charge is 0.246 e. The van der Waals surface area contributed by atoms with E-state index in [4.69, 9.17) is 23.2 Å². The third-order valence-corrected chi connectivity index (χ3v) is 3.19. The summed E-state index contributed by atoms with van der Waals surface area (Å²) in [4.78, 5) is 15.9. The zero-order valence-electron chi connectivity index (χ0n) is 11.0. The van der Waals surface area contributed by atoms with Gasteiger partial charge in [-0.05, 0) is 43.3 Å². The fourth-order valence-corrected chi connectivity index (χ4v) is 2.00. The zero-order chi connectivity index (χ0) is 15.4. The van der Waals surface area contributed by atoms with Crippen molar-refractivity contribution in [2.45, 2.75) is 13.0 Å². The van der Waals surface area contributed by atoms with Gasteiger partial charge in [0.15, 0.2) is 5.15 Å². The molecule has 2 aromatic rings. The van der Waals surface area contributed by atoms with Crippen LogP contribution >= 0.6 is 23.2 Å². The molecule has 1 aromatic carbocycles. The number of hydrogen-bond acceptors (Lipinski definition) is 3. The molecule has 0 fully saturated rings. The van der Waals surface area contributed by atoms with Crippen LogP contribution in [-0.2, 0) is 4.79 Å². The molecule has 0 spiro atoms. The van der Waals surface area contributed by atoms with Crippen molar-refractivity contribution in [2.75, 3.05) is 10.6 Å². The SMILES string of the molecule is CC(Nc1ccc(F)cc1)C(=O)Nc1ccc(Cl)nc1Cl. The van der Waals surface area contributed by atoms with Gasteiger partial charge in [0.1, 0.15) is 17.0 Å². The van der Waals surface area contributed by atoms with Gasteiger partial charge < -0.3 is 10.6 Å². The quantitative estimate of drug-likeness (QED) is 0.835. The van der Waals surface area contributed by atoms with Gasteiger partial charge in [0.25, 0.3) is 0 Å². The number of benzene rings is 1. The largest absolute Gasteiger partial charge is 0.374 e. The van der Waals surface area contributed by atoms with E-state index in [2.05, 4.69) is 15.6 Å². The molecule has 0 saturated carbocycles. The van der Waals surface area contributed by atoms with E-state index in [0.29, 0.717) is 11.4 Å². The summed E-state index contributed by atoms with van der Waals surface area (Å²) in [5.74, 6) is -0.637. The van der Waals surface area contributed by atoms with Gasteiger partial charge in [0.2, 0.25) is 5.91 Å². The lowest BCUT2D eigenvalue weighted by Gasteiger charge is -2.15. The van der Waals surface area contributed by atoms with Crippen molar-refractivity contribution in [3.8, 4) is 0 Å². The van der Waals surface area contributed by atoms with Crippen molar-refractivity contribution in [3.05, 3.63) is 52.5 Å². The van der Waals surface area contributed by atoms with Gasteiger partial charge in [0.05, 0.1) is 5.69 Å². The normalized spacial score (nSPS) is 11.8. The predicted octanol–water partition coefficient (Wildman–Crippen LogP) is 3.97. The van der Waals surface area contributed by atoms with Gasteiger partial charge in [-0.1, -0.05) is 23.2 Å². The Kier molecular flexibility index (Phi) is 4.98. The number of carbonyl (C=O) groups is 1. The molecule has 110 valence electrons. The number of aromatic nitrogens is 1. The van der Waals surface area contributed by atoms with Crippen LogP contribution in [0.25, 0.3) is 0 Å². The summed E-state index contributed by atoms with van der Waals surface area (Å²) >= 11 is 11.6. The van der Waals surface area contributed by atoms with E-state index in [1.807, 2.05) is 0 Å². The van der Waals surface area contributed by atoms with E-state index < -0.39 is 6.04 Å². The lowest BCUT2D eigenvalue weighted by Crippen LogP contribution is -2.32. The van der Waals surface area contributed by atoms with Crippen LogP contribution in [0.15, 0.2) is 36.4 Å². The number of halogens is 3. The highest BCUT2D eigenvalue weighted by atomic mass is 35.5. The predicted molar refractivity (Wildman–Crippen MR) is 82.4 cm³/mol. The molecule has 1 heterocycles. The average molecular weight is 328 g/mol. The van der Waals surface area contributed by atoms with Crippen molar-refractivity contribution >= 4 is 40.5 Å². The molecule has 0 aliphatic carbocycles. The van der Waals surface area contributed by atoms with Gasteiger partial charge in [-0.15, -0.1) is 0 Å². The Balaban J connectivity index is 2.00. The Morgan fingerprint density at radius 2 is 1.86 bits per heavy atom. The fourth-order valence-electron chi connectivity index (χ4n) is 1.61. The summed E-state index contributed by atoms with van der Waals surface area (Å²) in [6.45, 7) is 1.68. The van der Waals surface area contributed by atoms with Gasteiger partial charge in [-0.25, -0.2) is 9.37 Å². The van der Waals surface area contributed by atoms with Gasteiger partial charge in [0, 0.05) is 5.69 Å². The van der Waals surface area contributed by atoms with E-state index in [1.165, 1.54) is 18.2 Å². The summed E-state index contributed by atoms with van der Waals surface area (Å²) in [5.41, 5.74) is 1.01. The molecule has 0 saturated heterocycles. The molecule has 4 nitrogen and oxygen atoms in total. The molecule has 21 heavy (non-hydrogen) atoms. The highest BCUT2D eigenvalue weighted by Crippen LogP contribution is 2.21. The molecule has 0 radical (unpaired) electrons. The molecule has 2 rings (SSSR count). The molecule has 1 aromatic heterocycles. The molecular weight excluding hydrogens is 316 g/mol. The number of amides is 1. The molecule has 0 aliphatic heterocycles. The Morgan fingerprint density at radius 3 is 2.48 bits per heavy atom. The zero-order valence-corrected chi connectivity index (χ0v) is 12.5. The van der Waals surface area contributed by atoms with E-state index >= 15 is 0 Å². The number of rotatable bonds is 4. The number of nitrogens with one attached hydrogen (secondary N) is 2. The number of hydrogen-bond donors (Lipinski definition) is 2. The molecule has 0 aliphatic rings. The Labute approximate surface area is 131 Å². The first kappa shape index (κ1) is 15.5. The maximum Gasteiger partial charge on any atom is 0.246 e. The van der Waals surface area contributed by atoms with Crippen molar-refractivity contribution in [1.82, 2.24) is 4.98 Å². The molecule has 1 amide bonds. The van der Waals surface area contributed by atoms with Crippen molar-refractivity contribution < 1.29 is 9.18 Å². The van der Waals surface area contributed by atoms with Gasteiger partial charge >= 0.3 is 0 Å².